The first-order valence-electron chi connectivity index (χ1n) is 21.2. The Morgan fingerprint density at radius 2 is 1.55 bits per heavy atom. The van der Waals surface area contributed by atoms with Crippen molar-refractivity contribution in [3.05, 3.63) is 93.9 Å². The molecule has 4 fully saturated rings. The van der Waals surface area contributed by atoms with Crippen LogP contribution in [0, 0.1) is 28.1 Å². The third-order valence-electron chi connectivity index (χ3n) is 13.4. The van der Waals surface area contributed by atoms with Crippen LogP contribution >= 0.6 is 0 Å². The average molecular weight is 853 g/mol. The number of nitrogens with zero attached hydrogens (tertiary/aromatic N) is 6. The smallest absolute Gasteiger partial charge is 0.417 e. The number of carbonyl (C=O) groups is 3. The Labute approximate surface area is 357 Å². The van der Waals surface area contributed by atoms with E-state index in [0.717, 1.165) is 82.2 Å². The molecular weight excluding hydrogens is 802 g/mol. The summed E-state index contributed by atoms with van der Waals surface area (Å²) in [6.45, 7) is 14.2. The van der Waals surface area contributed by atoms with Gasteiger partial charge in [0.25, 0.3) is 17.4 Å². The van der Waals surface area contributed by atoms with Crippen molar-refractivity contribution in [2.45, 2.75) is 77.7 Å². The number of carbonyl (C=O) groups excluding carboxylic acids is 3. The normalized spacial score (nSPS) is 23.0. The predicted octanol–water partition coefficient (Wildman–Crippen LogP) is 5.92. The van der Waals surface area contributed by atoms with E-state index in [0.29, 0.717) is 22.3 Å². The minimum absolute atomic E-state index is 0.0230. The van der Waals surface area contributed by atoms with E-state index in [1.54, 1.807) is 18.3 Å². The van der Waals surface area contributed by atoms with Gasteiger partial charge >= 0.3 is 6.18 Å². The van der Waals surface area contributed by atoms with Gasteiger partial charge in [0.15, 0.2) is 0 Å². The van der Waals surface area contributed by atoms with E-state index >= 15 is 0 Å². The molecule has 8 rings (SSSR count). The summed E-state index contributed by atoms with van der Waals surface area (Å²) in [5.74, 6) is -0.474. The average Bonchev–Trinajstić information content (AvgIpc) is 3.25. The fourth-order valence-corrected chi connectivity index (χ4v) is 10.3. The maximum Gasteiger partial charge on any atom is 0.417 e. The summed E-state index contributed by atoms with van der Waals surface area (Å²) in [5.41, 5.74) is -0.442. The molecule has 3 aromatic carbocycles. The molecule has 62 heavy (non-hydrogen) atoms. The molecule has 0 unspecified atom stereocenters. The van der Waals surface area contributed by atoms with Crippen molar-refractivity contribution in [2.75, 3.05) is 55.6 Å². The van der Waals surface area contributed by atoms with Crippen molar-refractivity contribution >= 4 is 39.9 Å². The van der Waals surface area contributed by atoms with Crippen LogP contribution in [0.15, 0.2) is 71.7 Å². The van der Waals surface area contributed by atoms with Gasteiger partial charge in [-0.2, -0.15) is 23.5 Å². The molecule has 1 aromatic heterocycles. The first kappa shape index (κ1) is 42.7. The highest BCUT2D eigenvalue weighted by atomic mass is 19.4. The standard InChI is InChI=1S/C46H51F3N8O5/c1-44(2)42(45(3,4)43(44)62-34-11-7-30(25-50)36(24-34)46(47,48)49)53-39(59)29-5-8-32(9-6-29)55-17-15-28(16-18-55)27-54-19-21-56(22-20-54)33-10-12-35-31(23-33)26-51-57(41(35)61)37-13-14-38(58)52-40(37)60/h5-12,23-24,26,28,37,42-43H,13-22,27H2,1-4H3,(H,53,59)(H,52,58,60)/t37-,42?,43?/m0/s1. The van der Waals surface area contributed by atoms with Gasteiger partial charge in [-0.15, -0.1) is 0 Å². The number of imide groups is 1. The number of benzene rings is 3. The number of piperidine rings is 2. The molecule has 1 atom stereocenters. The van der Waals surface area contributed by atoms with Gasteiger partial charge in [0.2, 0.25) is 5.91 Å². The van der Waals surface area contributed by atoms with Crippen LogP contribution in [-0.4, -0.2) is 90.4 Å². The molecule has 0 bridgehead atoms. The number of halogens is 3. The molecule has 0 radical (unpaired) electrons. The highest BCUT2D eigenvalue weighted by Gasteiger charge is 2.64. The van der Waals surface area contributed by atoms with Crippen LogP contribution in [0.4, 0.5) is 24.5 Å². The van der Waals surface area contributed by atoms with E-state index in [1.165, 1.54) is 10.7 Å². The van der Waals surface area contributed by atoms with Crippen LogP contribution in [0.25, 0.3) is 10.8 Å². The highest BCUT2D eigenvalue weighted by Crippen LogP contribution is 2.56. The first-order chi connectivity index (χ1) is 29.4. The van der Waals surface area contributed by atoms with E-state index in [2.05, 4.69) is 30.4 Å². The third kappa shape index (κ3) is 8.22. The lowest BCUT2D eigenvalue weighted by molar-refractivity contribution is -0.164. The van der Waals surface area contributed by atoms with Crippen molar-refractivity contribution < 1.29 is 32.3 Å². The van der Waals surface area contributed by atoms with Gasteiger partial charge in [0.05, 0.1) is 28.8 Å². The molecule has 4 aromatic rings. The van der Waals surface area contributed by atoms with Gasteiger partial charge in [-0.1, -0.05) is 27.7 Å². The van der Waals surface area contributed by atoms with Crippen molar-refractivity contribution in [2.24, 2.45) is 16.7 Å². The molecule has 3 saturated heterocycles. The van der Waals surface area contributed by atoms with Crippen molar-refractivity contribution in [3.63, 3.8) is 0 Å². The number of fused-ring (bicyclic) bond motifs is 1. The molecular formula is C46H51F3N8O5. The molecule has 0 spiro atoms. The van der Waals surface area contributed by atoms with E-state index in [1.807, 2.05) is 64.1 Å². The summed E-state index contributed by atoms with van der Waals surface area (Å²) in [6, 6.07) is 17.2. The summed E-state index contributed by atoms with van der Waals surface area (Å²) in [6.07, 6.45) is -1.04. The SMILES string of the molecule is CC1(C)C(NC(=O)c2ccc(N3CCC(CN4CCN(c5ccc6c(=O)n([C@H]7CCC(=O)NC7=O)ncc6c5)CC4)CC3)cc2)C(C)(C)C1Oc1ccc(C#N)c(C(F)(F)F)c1. The zero-order chi connectivity index (χ0) is 44.1. The number of nitrogens with one attached hydrogen (secondary N) is 2. The zero-order valence-corrected chi connectivity index (χ0v) is 35.3. The Morgan fingerprint density at radius 1 is 0.887 bits per heavy atom. The summed E-state index contributed by atoms with van der Waals surface area (Å²) in [5, 5.41) is 20.1. The molecule has 4 heterocycles. The van der Waals surface area contributed by atoms with Crippen LogP contribution in [0.3, 0.4) is 0 Å². The quantitative estimate of drug-likeness (QED) is 0.194. The van der Waals surface area contributed by atoms with Crippen LogP contribution < -0.4 is 30.7 Å². The summed E-state index contributed by atoms with van der Waals surface area (Å²) < 4.78 is 48.1. The Balaban J connectivity index is 0.797. The number of hydrogen-bond acceptors (Lipinski definition) is 10. The molecule has 1 aliphatic carbocycles. The second-order valence-electron chi connectivity index (χ2n) is 18.3. The molecule has 326 valence electrons. The van der Waals surface area contributed by atoms with E-state index in [9.17, 15) is 32.3 Å². The molecule has 1 saturated carbocycles. The number of rotatable bonds is 9. The van der Waals surface area contributed by atoms with Gasteiger partial charge < -0.3 is 19.9 Å². The number of amides is 3. The Hall–Kier alpha value is -5.95. The van der Waals surface area contributed by atoms with Crippen LogP contribution in [0.1, 0.15) is 80.9 Å². The van der Waals surface area contributed by atoms with Crippen LogP contribution in [-0.2, 0) is 15.8 Å². The number of ether oxygens (including phenoxy) is 1. The summed E-state index contributed by atoms with van der Waals surface area (Å²) in [7, 11) is 0. The first-order valence-corrected chi connectivity index (χ1v) is 21.2. The third-order valence-corrected chi connectivity index (χ3v) is 13.4. The number of alkyl halides is 3. The van der Waals surface area contributed by atoms with Gasteiger partial charge in [-0.3, -0.25) is 29.4 Å². The van der Waals surface area contributed by atoms with Gasteiger partial charge in [-0.05, 0) is 85.8 Å². The fourth-order valence-electron chi connectivity index (χ4n) is 10.3. The Morgan fingerprint density at radius 3 is 2.19 bits per heavy atom. The van der Waals surface area contributed by atoms with Gasteiger partial charge in [0, 0.05) is 91.4 Å². The van der Waals surface area contributed by atoms with Gasteiger partial charge in [0.1, 0.15) is 17.9 Å². The molecule has 3 amide bonds. The van der Waals surface area contributed by atoms with Crippen molar-refractivity contribution in [3.8, 4) is 11.8 Å². The maximum atomic E-state index is 13.6. The number of piperazine rings is 1. The molecule has 2 N–H and O–H groups in total. The molecule has 13 nitrogen and oxygen atoms in total. The summed E-state index contributed by atoms with van der Waals surface area (Å²) >= 11 is 0. The lowest BCUT2D eigenvalue weighted by Gasteiger charge is -2.63. The number of anilines is 2. The van der Waals surface area contributed by atoms with E-state index in [4.69, 9.17) is 10.00 Å². The molecule has 4 aliphatic rings. The predicted molar refractivity (Wildman–Crippen MR) is 227 cm³/mol. The maximum absolute atomic E-state index is 13.6. The van der Waals surface area contributed by atoms with E-state index in [-0.39, 0.29) is 42.0 Å². The number of aromatic nitrogens is 2. The lowest BCUT2D eigenvalue weighted by Crippen LogP contribution is -2.74. The lowest BCUT2D eigenvalue weighted by atomic mass is 9.49. The fraction of sp³-hybridized carbons (Fsp3) is 0.478. The minimum Gasteiger partial charge on any atom is -0.489 e. The zero-order valence-electron chi connectivity index (χ0n) is 35.3. The number of nitriles is 1. The highest BCUT2D eigenvalue weighted by molar-refractivity contribution is 5.99. The van der Waals surface area contributed by atoms with Crippen LogP contribution in [0.5, 0.6) is 5.75 Å². The second kappa shape index (κ2) is 16.4. The second-order valence-corrected chi connectivity index (χ2v) is 18.3. The Bertz CT molecular complexity index is 2470. The van der Waals surface area contributed by atoms with Crippen LogP contribution in [0.2, 0.25) is 0 Å². The topological polar surface area (TPSA) is 153 Å². The van der Waals surface area contributed by atoms with E-state index < -0.39 is 46.2 Å². The monoisotopic (exact) mass is 852 g/mol. The largest absolute Gasteiger partial charge is 0.489 e. The minimum atomic E-state index is -4.69. The van der Waals surface area contributed by atoms with Crippen molar-refractivity contribution in [1.29, 1.82) is 5.26 Å². The summed E-state index contributed by atoms with van der Waals surface area (Å²) in [4.78, 5) is 57.9. The van der Waals surface area contributed by atoms with Crippen molar-refractivity contribution in [1.82, 2.24) is 25.3 Å². The molecule has 16 heteroatoms. The molecule has 3 aliphatic heterocycles. The number of hydrogen-bond donors (Lipinski definition) is 2. The Kier molecular flexibility index (Phi) is 11.3. The van der Waals surface area contributed by atoms with Gasteiger partial charge in [-0.25, -0.2) is 4.68 Å².